The lowest BCUT2D eigenvalue weighted by molar-refractivity contribution is 0.0696. The summed E-state index contributed by atoms with van der Waals surface area (Å²) in [5, 5.41) is 20.8. The van der Waals surface area contributed by atoms with Crippen LogP contribution in [-0.4, -0.2) is 41.0 Å². The number of nitrogens with one attached hydrogen (secondary N) is 1. The summed E-state index contributed by atoms with van der Waals surface area (Å²) < 4.78 is 5.02. The van der Waals surface area contributed by atoms with Crippen molar-refractivity contribution in [2.24, 2.45) is 0 Å². The highest BCUT2D eigenvalue weighted by Crippen LogP contribution is 2.21. The number of carbonyl (C=O) groups is 1. The van der Waals surface area contributed by atoms with Crippen molar-refractivity contribution in [2.45, 2.75) is 46.1 Å². The maximum atomic E-state index is 11.5. The van der Waals surface area contributed by atoms with Crippen molar-refractivity contribution in [1.82, 2.24) is 10.2 Å². The molecule has 0 aliphatic heterocycles. The molecule has 0 spiro atoms. The van der Waals surface area contributed by atoms with Gasteiger partial charge in [-0.3, -0.25) is 0 Å². The SMILES string of the molecule is CCc1nnc(NC(C)CCOC)c(C(=O)O)c1CC. The number of hydrogen-bond donors (Lipinski definition) is 2. The fourth-order valence-corrected chi connectivity index (χ4v) is 2.10. The van der Waals surface area contributed by atoms with Crippen molar-refractivity contribution < 1.29 is 14.6 Å². The minimum atomic E-state index is -0.965. The second-order valence-corrected chi connectivity index (χ2v) is 4.69. The minimum absolute atomic E-state index is 0.0690. The van der Waals surface area contributed by atoms with E-state index in [0.717, 1.165) is 17.7 Å². The van der Waals surface area contributed by atoms with Crippen LogP contribution in [0.25, 0.3) is 0 Å². The van der Waals surface area contributed by atoms with Crippen LogP contribution in [0.15, 0.2) is 0 Å². The first-order chi connectivity index (χ1) is 9.54. The monoisotopic (exact) mass is 281 g/mol. The number of methoxy groups -OCH3 is 1. The van der Waals surface area contributed by atoms with Gasteiger partial charge >= 0.3 is 5.97 Å². The number of nitrogens with zero attached hydrogens (tertiary/aromatic N) is 2. The molecule has 1 atom stereocenters. The van der Waals surface area contributed by atoms with E-state index in [2.05, 4.69) is 15.5 Å². The summed E-state index contributed by atoms with van der Waals surface area (Å²) >= 11 is 0. The van der Waals surface area contributed by atoms with Crippen LogP contribution < -0.4 is 5.32 Å². The summed E-state index contributed by atoms with van der Waals surface area (Å²) in [5.74, 6) is -0.622. The van der Waals surface area contributed by atoms with E-state index in [0.29, 0.717) is 25.3 Å². The normalized spacial score (nSPS) is 12.2. The third kappa shape index (κ3) is 3.90. The molecule has 1 aromatic rings. The standard InChI is InChI=1S/C14H23N3O3/c1-5-10-11(6-2)16-17-13(12(10)14(18)19)15-9(3)7-8-20-4/h9H,5-8H2,1-4H3,(H,15,17)(H,18,19). The number of aryl methyl sites for hydroxylation is 1. The molecular formula is C14H23N3O3. The Labute approximate surface area is 119 Å². The zero-order valence-electron chi connectivity index (χ0n) is 12.6. The molecule has 20 heavy (non-hydrogen) atoms. The average Bonchev–Trinajstić information content (AvgIpc) is 2.43. The Kier molecular flexibility index (Phi) is 6.38. The Hall–Kier alpha value is -1.69. The zero-order valence-corrected chi connectivity index (χ0v) is 12.6. The molecule has 0 aliphatic carbocycles. The maximum absolute atomic E-state index is 11.5. The molecule has 0 amide bonds. The van der Waals surface area contributed by atoms with Gasteiger partial charge in [0.2, 0.25) is 0 Å². The molecule has 1 aromatic heterocycles. The highest BCUT2D eigenvalue weighted by atomic mass is 16.5. The van der Waals surface area contributed by atoms with Crippen LogP contribution in [-0.2, 0) is 17.6 Å². The van der Waals surface area contributed by atoms with Gasteiger partial charge < -0.3 is 15.2 Å². The van der Waals surface area contributed by atoms with Crippen LogP contribution >= 0.6 is 0 Å². The second-order valence-electron chi connectivity index (χ2n) is 4.69. The van der Waals surface area contributed by atoms with Crippen LogP contribution in [0.2, 0.25) is 0 Å². The van der Waals surface area contributed by atoms with E-state index in [4.69, 9.17) is 4.74 Å². The van der Waals surface area contributed by atoms with E-state index in [1.165, 1.54) is 0 Å². The van der Waals surface area contributed by atoms with Crippen molar-refractivity contribution in [3.63, 3.8) is 0 Å². The van der Waals surface area contributed by atoms with Crippen LogP contribution in [0.4, 0.5) is 5.82 Å². The highest BCUT2D eigenvalue weighted by molar-refractivity contribution is 5.95. The summed E-state index contributed by atoms with van der Waals surface area (Å²) in [6.45, 7) is 6.45. The lowest BCUT2D eigenvalue weighted by Crippen LogP contribution is -2.22. The van der Waals surface area contributed by atoms with Gasteiger partial charge in [-0.15, -0.1) is 5.10 Å². The van der Waals surface area contributed by atoms with Gasteiger partial charge in [-0.05, 0) is 31.7 Å². The first-order valence-corrected chi connectivity index (χ1v) is 6.92. The van der Waals surface area contributed by atoms with E-state index in [-0.39, 0.29) is 11.6 Å². The van der Waals surface area contributed by atoms with Crippen LogP contribution in [0.1, 0.15) is 48.8 Å². The summed E-state index contributed by atoms with van der Waals surface area (Å²) in [6, 6.07) is 0.0690. The van der Waals surface area contributed by atoms with Crippen LogP contribution in [0, 0.1) is 0 Å². The number of aromatic carboxylic acids is 1. The summed E-state index contributed by atoms with van der Waals surface area (Å²) in [6.07, 6.45) is 2.08. The van der Waals surface area contributed by atoms with Crippen molar-refractivity contribution in [3.8, 4) is 0 Å². The highest BCUT2D eigenvalue weighted by Gasteiger charge is 2.21. The molecule has 0 aliphatic rings. The van der Waals surface area contributed by atoms with Gasteiger partial charge in [0.1, 0.15) is 5.56 Å². The molecule has 6 nitrogen and oxygen atoms in total. The van der Waals surface area contributed by atoms with Crippen molar-refractivity contribution >= 4 is 11.8 Å². The molecule has 0 fully saturated rings. The smallest absolute Gasteiger partial charge is 0.339 e. The molecule has 2 N–H and O–H groups in total. The van der Waals surface area contributed by atoms with Gasteiger partial charge in [-0.25, -0.2) is 4.79 Å². The maximum Gasteiger partial charge on any atom is 0.339 e. The largest absolute Gasteiger partial charge is 0.478 e. The number of hydrogen-bond acceptors (Lipinski definition) is 5. The zero-order chi connectivity index (χ0) is 15.1. The van der Waals surface area contributed by atoms with E-state index in [9.17, 15) is 9.90 Å². The number of aromatic nitrogens is 2. The van der Waals surface area contributed by atoms with Gasteiger partial charge in [0.25, 0.3) is 0 Å². The third-order valence-electron chi connectivity index (χ3n) is 3.20. The predicted octanol–water partition coefficient (Wildman–Crippen LogP) is 2.14. The molecule has 0 radical (unpaired) electrons. The van der Waals surface area contributed by atoms with Crippen LogP contribution in [0.3, 0.4) is 0 Å². The number of anilines is 1. The minimum Gasteiger partial charge on any atom is -0.478 e. The van der Waals surface area contributed by atoms with E-state index in [1.807, 2.05) is 20.8 Å². The molecule has 0 saturated heterocycles. The predicted molar refractivity (Wildman–Crippen MR) is 77.3 cm³/mol. The molecule has 0 aromatic carbocycles. The molecule has 1 rings (SSSR count). The fraction of sp³-hybridized carbons (Fsp3) is 0.643. The summed E-state index contributed by atoms with van der Waals surface area (Å²) in [5.41, 5.74) is 1.75. The van der Waals surface area contributed by atoms with Gasteiger partial charge in [0, 0.05) is 19.8 Å². The topological polar surface area (TPSA) is 84.3 Å². The Morgan fingerprint density at radius 1 is 1.35 bits per heavy atom. The molecule has 112 valence electrons. The lowest BCUT2D eigenvalue weighted by Gasteiger charge is -2.17. The number of ether oxygens (including phenoxy) is 1. The van der Waals surface area contributed by atoms with E-state index < -0.39 is 5.97 Å². The Morgan fingerprint density at radius 2 is 2.05 bits per heavy atom. The Morgan fingerprint density at radius 3 is 2.55 bits per heavy atom. The lowest BCUT2D eigenvalue weighted by atomic mass is 10.0. The van der Waals surface area contributed by atoms with Crippen molar-refractivity contribution in [2.75, 3.05) is 19.0 Å². The first-order valence-electron chi connectivity index (χ1n) is 6.92. The number of rotatable bonds is 8. The Bertz CT molecular complexity index is 463. The molecule has 6 heteroatoms. The van der Waals surface area contributed by atoms with Crippen molar-refractivity contribution in [1.29, 1.82) is 0 Å². The summed E-state index contributed by atoms with van der Waals surface area (Å²) in [4.78, 5) is 11.5. The quantitative estimate of drug-likeness (QED) is 0.759. The van der Waals surface area contributed by atoms with E-state index in [1.54, 1.807) is 7.11 Å². The van der Waals surface area contributed by atoms with Crippen LogP contribution in [0.5, 0.6) is 0 Å². The van der Waals surface area contributed by atoms with Crippen molar-refractivity contribution in [3.05, 3.63) is 16.8 Å². The third-order valence-corrected chi connectivity index (χ3v) is 3.20. The van der Waals surface area contributed by atoms with Gasteiger partial charge in [0.05, 0.1) is 5.69 Å². The number of carboxylic acid groups (broad SMARTS) is 1. The van der Waals surface area contributed by atoms with Gasteiger partial charge in [-0.2, -0.15) is 5.10 Å². The fourth-order valence-electron chi connectivity index (χ4n) is 2.10. The first kappa shape index (κ1) is 16.4. The summed E-state index contributed by atoms with van der Waals surface area (Å²) in [7, 11) is 1.64. The van der Waals surface area contributed by atoms with E-state index >= 15 is 0 Å². The molecule has 0 bridgehead atoms. The Balaban J connectivity index is 3.09. The molecule has 0 saturated carbocycles. The number of carboxylic acids is 1. The average molecular weight is 281 g/mol. The second kappa shape index (κ2) is 7.79. The van der Waals surface area contributed by atoms with Gasteiger partial charge in [-0.1, -0.05) is 13.8 Å². The van der Waals surface area contributed by atoms with Gasteiger partial charge in [0.15, 0.2) is 5.82 Å². The molecular weight excluding hydrogens is 258 g/mol. The molecule has 1 heterocycles. The molecule has 1 unspecified atom stereocenters.